The Morgan fingerprint density at radius 3 is 2.89 bits per heavy atom. The van der Waals surface area contributed by atoms with Gasteiger partial charge in [0.25, 0.3) is 0 Å². The van der Waals surface area contributed by atoms with Crippen LogP contribution in [0.15, 0.2) is 0 Å². The average Bonchev–Trinajstić information content (AvgIpc) is 2.33. The minimum atomic E-state index is 0.899. The van der Waals surface area contributed by atoms with Crippen LogP contribution in [0.4, 0.5) is 0 Å². The first kappa shape index (κ1) is 6.22. The highest BCUT2D eigenvalue weighted by Crippen LogP contribution is 2.61. The van der Waals surface area contributed by atoms with Gasteiger partial charge in [0.2, 0.25) is 16.3 Å². The molecule has 1 saturated heterocycles. The summed E-state index contributed by atoms with van der Waals surface area (Å²) in [6.07, 6.45) is 1.57. The van der Waals surface area contributed by atoms with Crippen LogP contribution in [-0.4, -0.2) is 40.8 Å². The Bertz CT molecular complexity index is 137. The molecule has 0 N–H and O–H groups in total. The second kappa shape index (κ2) is 1.75. The molecule has 0 radical (unpaired) electrons. The van der Waals surface area contributed by atoms with Crippen LogP contribution < -0.4 is 0 Å². The van der Waals surface area contributed by atoms with Gasteiger partial charge in [0.15, 0.2) is 0 Å². The lowest BCUT2D eigenvalue weighted by molar-refractivity contribution is 0.324. The molecular formula is C7H14AlN. The summed E-state index contributed by atoms with van der Waals surface area (Å²) in [5.74, 6) is 1.13. The number of fused-ring (bicyclic) bond motifs is 1. The molecule has 0 aromatic heterocycles. The van der Waals surface area contributed by atoms with Crippen molar-refractivity contribution in [1.29, 1.82) is 0 Å². The molecule has 1 heterocycles. The fraction of sp³-hybridized carbons (Fsp3) is 1.00. The van der Waals surface area contributed by atoms with E-state index >= 15 is 0 Å². The molecule has 0 spiro atoms. The first-order valence-electron chi connectivity index (χ1n) is 3.97. The van der Waals surface area contributed by atoms with Gasteiger partial charge in [-0.3, -0.25) is 0 Å². The van der Waals surface area contributed by atoms with E-state index in [1.807, 2.05) is 0 Å². The number of piperidine rings is 1. The van der Waals surface area contributed by atoms with Crippen molar-refractivity contribution in [2.75, 3.05) is 19.6 Å². The molecule has 2 heteroatoms. The third-order valence-corrected chi connectivity index (χ3v) is 4.59. The minimum absolute atomic E-state index is 0.899. The molecule has 1 aliphatic carbocycles. The molecule has 1 saturated carbocycles. The third-order valence-electron chi connectivity index (χ3n) is 3.05. The Labute approximate surface area is 64.8 Å². The summed E-state index contributed by atoms with van der Waals surface area (Å²) in [4.78, 5) is 2.60. The van der Waals surface area contributed by atoms with Crippen molar-refractivity contribution in [3.8, 4) is 0 Å². The smallest absolute Gasteiger partial charge is 0.224 e. The minimum Gasteiger partial charge on any atom is -0.304 e. The molecule has 50 valence electrons. The first-order valence-corrected chi connectivity index (χ1v) is 4.97. The lowest BCUT2D eigenvalue weighted by Gasteiger charge is -2.15. The average molecular weight is 139 g/mol. The number of hydrogen-bond acceptors (Lipinski definition) is 1. The van der Waals surface area contributed by atoms with E-state index in [-0.39, 0.29) is 0 Å². The van der Waals surface area contributed by atoms with Gasteiger partial charge >= 0.3 is 0 Å². The summed E-state index contributed by atoms with van der Waals surface area (Å²) < 4.78 is 0.899. The van der Waals surface area contributed by atoms with Crippen LogP contribution in [0.25, 0.3) is 0 Å². The zero-order chi connectivity index (χ0) is 6.48. The molecule has 0 aromatic rings. The highest BCUT2D eigenvalue weighted by molar-refractivity contribution is 6.18. The van der Waals surface area contributed by atoms with Crippen molar-refractivity contribution in [3.05, 3.63) is 0 Å². The Hall–Kier alpha value is 0.492. The van der Waals surface area contributed by atoms with Crippen LogP contribution in [0.2, 0.25) is 4.28 Å². The van der Waals surface area contributed by atoms with E-state index in [0.717, 1.165) is 10.2 Å². The molecular weight excluding hydrogens is 125 g/mol. The highest BCUT2D eigenvalue weighted by Gasteiger charge is 2.54. The molecule has 1 aliphatic heterocycles. The molecule has 9 heavy (non-hydrogen) atoms. The quantitative estimate of drug-likeness (QED) is 0.467. The van der Waals surface area contributed by atoms with E-state index in [9.17, 15) is 0 Å². The van der Waals surface area contributed by atoms with Crippen LogP contribution in [-0.2, 0) is 0 Å². The molecule has 0 aromatic carbocycles. The second-order valence-electron chi connectivity index (χ2n) is 3.88. The number of rotatable bonds is 1. The Morgan fingerprint density at radius 1 is 1.78 bits per heavy atom. The van der Waals surface area contributed by atoms with E-state index in [1.54, 1.807) is 6.42 Å². The zero-order valence-electron chi connectivity index (χ0n) is 6.35. The highest BCUT2D eigenvalue weighted by atomic mass is 27.0. The van der Waals surface area contributed by atoms with Gasteiger partial charge in [-0.1, -0.05) is 17.6 Å². The summed E-state index contributed by atoms with van der Waals surface area (Å²) in [5, 5.41) is 0. The summed E-state index contributed by atoms with van der Waals surface area (Å²) in [7, 11) is 0. The van der Waals surface area contributed by atoms with Crippen LogP contribution in [0.1, 0.15) is 13.3 Å². The van der Waals surface area contributed by atoms with Gasteiger partial charge in [-0.15, -0.1) is 0 Å². The fourth-order valence-corrected chi connectivity index (χ4v) is 3.23. The Kier molecular flexibility index (Phi) is 1.21. The predicted octanol–water partition coefficient (Wildman–Crippen LogP) is 0.134. The van der Waals surface area contributed by atoms with Crippen LogP contribution in [0.5, 0.6) is 0 Å². The molecule has 2 atom stereocenters. The van der Waals surface area contributed by atoms with Crippen molar-refractivity contribution in [2.24, 2.45) is 5.92 Å². The van der Waals surface area contributed by atoms with Crippen LogP contribution >= 0.6 is 0 Å². The van der Waals surface area contributed by atoms with E-state index in [2.05, 4.69) is 11.8 Å². The summed E-state index contributed by atoms with van der Waals surface area (Å²) in [6.45, 7) is 6.40. The number of likely N-dealkylation sites (tertiary alicyclic amines) is 1. The SMILES string of the molecule is CCN1CC2C[C]2([AlH2])C1. The Morgan fingerprint density at radius 2 is 2.56 bits per heavy atom. The summed E-state index contributed by atoms with van der Waals surface area (Å²) >= 11 is 1.44. The maximum Gasteiger partial charge on any atom is 0.224 e. The molecule has 0 amide bonds. The van der Waals surface area contributed by atoms with Gasteiger partial charge in [-0.05, 0) is 19.0 Å². The van der Waals surface area contributed by atoms with E-state index < -0.39 is 0 Å². The normalized spacial score (nSPS) is 49.2. The molecule has 2 rings (SSSR count). The number of hydrogen-bond donors (Lipinski definition) is 0. The van der Waals surface area contributed by atoms with Crippen molar-refractivity contribution in [1.82, 2.24) is 4.90 Å². The van der Waals surface area contributed by atoms with Crippen molar-refractivity contribution in [2.45, 2.75) is 17.6 Å². The van der Waals surface area contributed by atoms with Crippen molar-refractivity contribution < 1.29 is 0 Å². The second-order valence-corrected chi connectivity index (χ2v) is 5.87. The van der Waals surface area contributed by atoms with Crippen LogP contribution in [0, 0.1) is 5.92 Å². The lowest BCUT2D eigenvalue weighted by Crippen LogP contribution is -2.22. The number of nitrogens with zero attached hydrogens (tertiary/aromatic N) is 1. The molecule has 0 bridgehead atoms. The zero-order valence-corrected chi connectivity index (χ0v) is 8.35. The van der Waals surface area contributed by atoms with Gasteiger partial charge in [0.1, 0.15) is 0 Å². The van der Waals surface area contributed by atoms with Gasteiger partial charge in [-0.2, -0.15) is 0 Å². The maximum absolute atomic E-state index is 2.60. The fourth-order valence-electron chi connectivity index (χ4n) is 2.11. The van der Waals surface area contributed by atoms with Gasteiger partial charge < -0.3 is 4.90 Å². The van der Waals surface area contributed by atoms with Gasteiger partial charge in [-0.25, -0.2) is 0 Å². The predicted molar refractivity (Wildman–Crippen MR) is 41.5 cm³/mol. The maximum atomic E-state index is 2.60. The van der Waals surface area contributed by atoms with Crippen LogP contribution in [0.3, 0.4) is 0 Å². The summed E-state index contributed by atoms with van der Waals surface area (Å²) in [5.41, 5.74) is 0. The molecule has 2 aliphatic rings. The van der Waals surface area contributed by atoms with Crippen molar-refractivity contribution >= 4 is 16.3 Å². The third kappa shape index (κ3) is 0.852. The molecule has 1 nitrogen and oxygen atoms in total. The van der Waals surface area contributed by atoms with Gasteiger partial charge in [0, 0.05) is 6.54 Å². The van der Waals surface area contributed by atoms with E-state index in [4.69, 9.17) is 0 Å². The monoisotopic (exact) mass is 139 g/mol. The molecule has 2 unspecified atom stereocenters. The topological polar surface area (TPSA) is 3.24 Å². The largest absolute Gasteiger partial charge is 0.304 e. The van der Waals surface area contributed by atoms with E-state index in [1.165, 1.54) is 35.9 Å². The van der Waals surface area contributed by atoms with Gasteiger partial charge in [0.05, 0.1) is 0 Å². The lowest BCUT2D eigenvalue weighted by atomic mass is 10.4. The summed E-state index contributed by atoms with van der Waals surface area (Å²) in [6, 6.07) is 0. The molecule has 2 fully saturated rings. The van der Waals surface area contributed by atoms with E-state index in [0.29, 0.717) is 0 Å². The Balaban J connectivity index is 1.98. The first-order chi connectivity index (χ1) is 4.24. The van der Waals surface area contributed by atoms with Crippen molar-refractivity contribution in [3.63, 3.8) is 0 Å². The standard InChI is InChI=1S/C7H12N.Al.2H/c1-2-8-4-6-3-7(6)5-8;;;/h6H,2-5H2,1H3;;;.